The van der Waals surface area contributed by atoms with Gasteiger partial charge >= 0.3 is 0 Å². The minimum Gasteiger partial charge on any atom is -0.310 e. The molecule has 0 spiro atoms. The number of hydrogen-bond acceptors (Lipinski definition) is 1. The Morgan fingerprint density at radius 1 is 0.375 bits per heavy atom. The number of rotatable bonds is 5. The van der Waals surface area contributed by atoms with E-state index < -0.39 is 0 Å². The summed E-state index contributed by atoms with van der Waals surface area (Å²) in [5, 5.41) is 5.08. The molecule has 1 heteroatoms. The number of aryl methyl sites for hydroxylation is 3. The quantitative estimate of drug-likeness (QED) is 0.187. The molecule has 0 aromatic heterocycles. The van der Waals surface area contributed by atoms with Crippen LogP contribution in [-0.2, 0) is 0 Å². The number of fused-ring (bicyclic) bond motifs is 6. The lowest BCUT2D eigenvalue weighted by Crippen LogP contribution is -2.12. The summed E-state index contributed by atoms with van der Waals surface area (Å²) in [6.07, 6.45) is 0. The maximum absolute atomic E-state index is 2.43. The molecule has 0 bridgehead atoms. The fourth-order valence-electron chi connectivity index (χ4n) is 7.88. The van der Waals surface area contributed by atoms with E-state index in [4.69, 9.17) is 0 Å². The Labute approximate surface area is 282 Å². The Kier molecular flexibility index (Phi) is 6.55. The molecule has 1 aliphatic carbocycles. The van der Waals surface area contributed by atoms with Gasteiger partial charge in [0.15, 0.2) is 0 Å². The molecule has 8 aromatic carbocycles. The standard InChI is InChI=1S/C47H35N/c1-30-24-31(2)26-38(25-30)48(43-21-13-10-14-32(43)3)37-23-22-35-28-41-42(29-36(35)27-37)47-45(34-17-8-5-9-18-34)40-20-12-11-19-39(40)44(46(41)47)33-15-6-4-7-16-33/h4-29H,1-3H3. The molecule has 0 amide bonds. The second kappa shape index (κ2) is 11.1. The van der Waals surface area contributed by atoms with Gasteiger partial charge in [-0.1, -0.05) is 115 Å². The Hall–Kier alpha value is -5.92. The monoisotopic (exact) mass is 613 g/mol. The summed E-state index contributed by atoms with van der Waals surface area (Å²) in [6.45, 7) is 6.56. The van der Waals surface area contributed by atoms with Crippen LogP contribution in [0.15, 0.2) is 158 Å². The molecule has 1 aliphatic rings. The normalized spacial score (nSPS) is 11.6. The molecule has 0 saturated heterocycles. The van der Waals surface area contributed by atoms with Crippen LogP contribution in [0.4, 0.5) is 17.1 Å². The minimum atomic E-state index is 1.16. The van der Waals surface area contributed by atoms with Crippen LogP contribution in [0.25, 0.3) is 66.1 Å². The average molecular weight is 614 g/mol. The van der Waals surface area contributed by atoms with E-state index >= 15 is 0 Å². The molecule has 0 atom stereocenters. The van der Waals surface area contributed by atoms with Gasteiger partial charge in [-0.05, 0) is 146 Å². The van der Waals surface area contributed by atoms with Gasteiger partial charge in [0.05, 0.1) is 0 Å². The molecule has 8 aromatic rings. The van der Waals surface area contributed by atoms with Gasteiger partial charge in [0.2, 0.25) is 0 Å². The van der Waals surface area contributed by atoms with Crippen molar-refractivity contribution in [1.29, 1.82) is 0 Å². The first-order valence-electron chi connectivity index (χ1n) is 16.8. The zero-order valence-electron chi connectivity index (χ0n) is 27.5. The highest BCUT2D eigenvalue weighted by Crippen LogP contribution is 2.59. The lowest BCUT2D eigenvalue weighted by Gasteiger charge is -2.33. The third-order valence-electron chi connectivity index (χ3n) is 9.92. The molecule has 0 unspecified atom stereocenters. The van der Waals surface area contributed by atoms with Gasteiger partial charge < -0.3 is 4.90 Å². The molecular weight excluding hydrogens is 579 g/mol. The summed E-state index contributed by atoms with van der Waals surface area (Å²) in [7, 11) is 0. The van der Waals surface area contributed by atoms with Crippen LogP contribution in [-0.4, -0.2) is 0 Å². The topological polar surface area (TPSA) is 3.24 Å². The maximum atomic E-state index is 2.43. The third kappa shape index (κ3) is 4.47. The summed E-state index contributed by atoms with van der Waals surface area (Å²) in [5.41, 5.74) is 17.8. The molecule has 0 N–H and O–H groups in total. The Bertz CT molecular complexity index is 2500. The fourth-order valence-corrected chi connectivity index (χ4v) is 7.88. The van der Waals surface area contributed by atoms with Crippen LogP contribution in [0.3, 0.4) is 0 Å². The van der Waals surface area contributed by atoms with Crippen LogP contribution in [0.2, 0.25) is 0 Å². The van der Waals surface area contributed by atoms with Gasteiger partial charge in [0.1, 0.15) is 0 Å². The highest BCUT2D eigenvalue weighted by molar-refractivity contribution is 6.26. The smallest absolute Gasteiger partial charge is 0.0490 e. The highest BCUT2D eigenvalue weighted by Gasteiger charge is 2.32. The molecule has 48 heavy (non-hydrogen) atoms. The molecule has 9 rings (SSSR count). The number of benzene rings is 8. The van der Waals surface area contributed by atoms with Gasteiger partial charge in [-0.15, -0.1) is 0 Å². The first-order chi connectivity index (χ1) is 23.5. The van der Waals surface area contributed by atoms with Crippen LogP contribution < -0.4 is 4.90 Å². The van der Waals surface area contributed by atoms with Gasteiger partial charge in [0, 0.05) is 17.1 Å². The average Bonchev–Trinajstić information content (AvgIpc) is 3.11. The Balaban J connectivity index is 1.30. The zero-order chi connectivity index (χ0) is 32.4. The molecule has 0 heterocycles. The molecular formula is C47H35N. The third-order valence-corrected chi connectivity index (χ3v) is 9.92. The van der Waals surface area contributed by atoms with Crippen molar-refractivity contribution < 1.29 is 0 Å². The van der Waals surface area contributed by atoms with E-state index in [0.717, 1.165) is 5.69 Å². The van der Waals surface area contributed by atoms with Gasteiger partial charge in [-0.3, -0.25) is 0 Å². The Morgan fingerprint density at radius 2 is 0.896 bits per heavy atom. The highest BCUT2D eigenvalue weighted by atomic mass is 15.1. The second-order valence-electron chi connectivity index (χ2n) is 13.2. The lowest BCUT2D eigenvalue weighted by molar-refractivity contribution is 1.23. The molecule has 0 saturated carbocycles. The van der Waals surface area contributed by atoms with Crippen molar-refractivity contribution in [2.45, 2.75) is 20.8 Å². The van der Waals surface area contributed by atoms with Crippen molar-refractivity contribution in [2.24, 2.45) is 0 Å². The van der Waals surface area contributed by atoms with E-state index in [1.54, 1.807) is 0 Å². The van der Waals surface area contributed by atoms with E-state index in [2.05, 4.69) is 183 Å². The van der Waals surface area contributed by atoms with Crippen molar-refractivity contribution in [3.8, 4) is 44.5 Å². The van der Waals surface area contributed by atoms with Crippen LogP contribution >= 0.6 is 0 Å². The van der Waals surface area contributed by atoms with Crippen molar-refractivity contribution in [3.63, 3.8) is 0 Å². The molecule has 228 valence electrons. The maximum Gasteiger partial charge on any atom is 0.0490 e. The predicted molar refractivity (Wildman–Crippen MR) is 206 cm³/mol. The molecule has 0 fully saturated rings. The second-order valence-corrected chi connectivity index (χ2v) is 13.2. The van der Waals surface area contributed by atoms with Gasteiger partial charge in [0.25, 0.3) is 0 Å². The van der Waals surface area contributed by atoms with Crippen molar-refractivity contribution in [1.82, 2.24) is 0 Å². The van der Waals surface area contributed by atoms with Crippen molar-refractivity contribution >= 4 is 38.6 Å². The number of anilines is 3. The summed E-state index contributed by atoms with van der Waals surface area (Å²) in [4.78, 5) is 2.42. The van der Waals surface area contributed by atoms with Gasteiger partial charge in [-0.2, -0.15) is 0 Å². The van der Waals surface area contributed by atoms with E-state index in [1.165, 1.54) is 94.1 Å². The van der Waals surface area contributed by atoms with Gasteiger partial charge in [-0.25, -0.2) is 0 Å². The van der Waals surface area contributed by atoms with E-state index in [1.807, 2.05) is 0 Å². The lowest BCUT2D eigenvalue weighted by atomic mass is 9.70. The summed E-state index contributed by atoms with van der Waals surface area (Å²) >= 11 is 0. The predicted octanol–water partition coefficient (Wildman–Crippen LogP) is 13.4. The van der Waals surface area contributed by atoms with Crippen LogP contribution in [0, 0.1) is 20.8 Å². The number of nitrogens with zero attached hydrogens (tertiary/aromatic N) is 1. The molecule has 0 radical (unpaired) electrons. The van der Waals surface area contributed by atoms with E-state index in [0.29, 0.717) is 0 Å². The van der Waals surface area contributed by atoms with Crippen LogP contribution in [0.1, 0.15) is 16.7 Å². The molecule has 0 aliphatic heterocycles. The van der Waals surface area contributed by atoms with E-state index in [-0.39, 0.29) is 0 Å². The first-order valence-corrected chi connectivity index (χ1v) is 16.8. The van der Waals surface area contributed by atoms with Crippen molar-refractivity contribution in [2.75, 3.05) is 4.90 Å². The first kappa shape index (κ1) is 28.3. The largest absolute Gasteiger partial charge is 0.310 e. The minimum absolute atomic E-state index is 1.16. The fraction of sp³-hybridized carbons (Fsp3) is 0.0638. The van der Waals surface area contributed by atoms with E-state index in [9.17, 15) is 0 Å². The number of para-hydroxylation sites is 1. The zero-order valence-corrected chi connectivity index (χ0v) is 27.5. The molecule has 1 nitrogen and oxygen atoms in total. The number of hydrogen-bond donors (Lipinski definition) is 0. The summed E-state index contributed by atoms with van der Waals surface area (Å²) in [6, 6.07) is 58.1. The summed E-state index contributed by atoms with van der Waals surface area (Å²) in [5.74, 6) is 0. The van der Waals surface area contributed by atoms with Crippen molar-refractivity contribution in [3.05, 3.63) is 174 Å². The summed E-state index contributed by atoms with van der Waals surface area (Å²) < 4.78 is 0. The Morgan fingerprint density at radius 3 is 1.48 bits per heavy atom. The van der Waals surface area contributed by atoms with Crippen LogP contribution in [0.5, 0.6) is 0 Å². The SMILES string of the molecule is Cc1cc(C)cc(N(c2ccc3cc4c(cc3c2)-c2c-4c(-c3ccccc3)c3ccccc3c2-c2ccccc2)c2ccccc2C)c1.